The Hall–Kier alpha value is -4.54. The molecule has 1 fully saturated rings. The average molecular weight is 468 g/mol. The van der Waals surface area contributed by atoms with Gasteiger partial charge in [0.25, 0.3) is 11.8 Å². The molecule has 1 aliphatic rings. The molecule has 0 spiro atoms. The Labute approximate surface area is 195 Å². The molecule has 11 heteroatoms. The lowest BCUT2D eigenvalue weighted by Gasteiger charge is -2.13. The number of hydrogen-bond donors (Lipinski definition) is 3. The number of anilines is 1. The Bertz CT molecular complexity index is 1150. The normalized spacial score (nSPS) is 14.1. The average Bonchev–Trinajstić information content (AvgIpc) is 3.06. The summed E-state index contributed by atoms with van der Waals surface area (Å²) in [6.45, 7) is 1.31. The number of methoxy groups -OCH3 is 1. The number of amides is 5. The third-order valence-corrected chi connectivity index (χ3v) is 4.59. The second-order valence-electron chi connectivity index (χ2n) is 7.02. The number of ether oxygens (including phenoxy) is 3. The first kappa shape index (κ1) is 24.1. The molecular weight excluding hydrogens is 444 g/mol. The highest BCUT2D eigenvalue weighted by atomic mass is 16.5. The summed E-state index contributed by atoms with van der Waals surface area (Å²) in [5.74, 6) is -0.775. The lowest BCUT2D eigenvalue weighted by atomic mass is 10.1. The molecule has 178 valence electrons. The molecule has 5 amide bonds. The van der Waals surface area contributed by atoms with E-state index < -0.39 is 30.3 Å². The van der Waals surface area contributed by atoms with Gasteiger partial charge in [-0.05, 0) is 42.8 Å². The monoisotopic (exact) mass is 468 g/mol. The maximum atomic E-state index is 12.7. The van der Waals surface area contributed by atoms with E-state index in [2.05, 4.69) is 10.6 Å². The van der Waals surface area contributed by atoms with E-state index in [1.807, 2.05) is 0 Å². The van der Waals surface area contributed by atoms with Crippen LogP contribution in [0.25, 0.3) is 6.08 Å². The van der Waals surface area contributed by atoms with Crippen molar-refractivity contribution in [3.8, 4) is 17.2 Å². The first-order valence-corrected chi connectivity index (χ1v) is 10.3. The fraction of sp³-hybridized carbons (Fsp3) is 0.217. The number of nitrogens with one attached hydrogen (secondary N) is 2. The van der Waals surface area contributed by atoms with Crippen molar-refractivity contribution >= 4 is 35.5 Å². The number of rotatable bonds is 10. The Morgan fingerprint density at radius 1 is 1.09 bits per heavy atom. The number of nitrogens with zero attached hydrogens (tertiary/aromatic N) is 1. The zero-order chi connectivity index (χ0) is 24.7. The number of primary amides is 1. The second-order valence-corrected chi connectivity index (χ2v) is 7.02. The predicted molar refractivity (Wildman–Crippen MR) is 122 cm³/mol. The Kier molecular flexibility index (Phi) is 7.70. The number of carbonyl (C=O) groups excluding carboxylic acids is 4. The van der Waals surface area contributed by atoms with Crippen molar-refractivity contribution in [1.29, 1.82) is 0 Å². The van der Waals surface area contributed by atoms with Gasteiger partial charge in [-0.25, -0.2) is 9.69 Å². The van der Waals surface area contributed by atoms with Gasteiger partial charge in [-0.2, -0.15) is 0 Å². The minimum atomic E-state index is -0.724. The summed E-state index contributed by atoms with van der Waals surface area (Å²) in [6, 6.07) is 10.8. The van der Waals surface area contributed by atoms with Crippen LogP contribution in [0.1, 0.15) is 12.5 Å². The summed E-state index contributed by atoms with van der Waals surface area (Å²) in [7, 11) is 1.47. The number of nitrogens with two attached hydrogens (primary N) is 1. The van der Waals surface area contributed by atoms with Gasteiger partial charge in [0.2, 0.25) is 5.91 Å². The molecule has 0 aromatic heterocycles. The fourth-order valence-electron chi connectivity index (χ4n) is 3.11. The van der Waals surface area contributed by atoms with Crippen LogP contribution in [0.15, 0.2) is 48.2 Å². The zero-order valence-corrected chi connectivity index (χ0v) is 18.6. The van der Waals surface area contributed by atoms with Gasteiger partial charge in [0, 0.05) is 0 Å². The van der Waals surface area contributed by atoms with Gasteiger partial charge >= 0.3 is 6.03 Å². The SMILES string of the molecule is CCOc1cc(/C=C2/NC(=O)N(CC(=O)Nc3ccccc3OC)C2=O)ccc1OCC(N)=O. The predicted octanol–water partition coefficient (Wildman–Crippen LogP) is 1.49. The number of benzene rings is 2. The van der Waals surface area contributed by atoms with Crippen molar-refractivity contribution in [3.05, 3.63) is 53.7 Å². The Morgan fingerprint density at radius 3 is 2.56 bits per heavy atom. The lowest BCUT2D eigenvalue weighted by Crippen LogP contribution is -2.38. The molecular formula is C23H24N4O7. The van der Waals surface area contributed by atoms with Crippen LogP contribution in [0.2, 0.25) is 0 Å². The van der Waals surface area contributed by atoms with Gasteiger partial charge in [-0.1, -0.05) is 18.2 Å². The highest BCUT2D eigenvalue weighted by molar-refractivity contribution is 6.16. The van der Waals surface area contributed by atoms with Gasteiger partial charge in [-0.3, -0.25) is 14.4 Å². The maximum Gasteiger partial charge on any atom is 0.329 e. The molecule has 3 rings (SSSR count). The number of imide groups is 1. The molecule has 0 radical (unpaired) electrons. The largest absolute Gasteiger partial charge is 0.495 e. The Morgan fingerprint density at radius 2 is 1.85 bits per heavy atom. The molecule has 0 bridgehead atoms. The summed E-state index contributed by atoms with van der Waals surface area (Å²) < 4.78 is 16.0. The van der Waals surface area contributed by atoms with Crippen molar-refractivity contribution < 1.29 is 33.4 Å². The molecule has 0 atom stereocenters. The maximum absolute atomic E-state index is 12.7. The standard InChI is InChI=1S/C23H24N4O7/c1-3-33-19-11-14(8-9-18(19)34-13-20(24)28)10-16-22(30)27(23(31)26-16)12-21(29)25-15-6-4-5-7-17(15)32-2/h4-11H,3,12-13H2,1-2H3,(H2,24,28)(H,25,29)(H,26,31)/b16-10+. The minimum absolute atomic E-state index is 0.0108. The van der Waals surface area contributed by atoms with Gasteiger partial charge in [0.1, 0.15) is 18.0 Å². The van der Waals surface area contributed by atoms with Crippen molar-refractivity contribution in [2.75, 3.05) is 32.2 Å². The van der Waals surface area contributed by atoms with Crippen LogP contribution in [0.5, 0.6) is 17.2 Å². The molecule has 0 aliphatic carbocycles. The van der Waals surface area contributed by atoms with E-state index in [1.54, 1.807) is 49.4 Å². The number of para-hydroxylation sites is 2. The molecule has 11 nitrogen and oxygen atoms in total. The highest BCUT2D eigenvalue weighted by Crippen LogP contribution is 2.30. The van der Waals surface area contributed by atoms with E-state index in [0.717, 1.165) is 4.90 Å². The van der Waals surface area contributed by atoms with Crippen LogP contribution < -0.4 is 30.6 Å². The summed E-state index contributed by atoms with van der Waals surface area (Å²) >= 11 is 0. The molecule has 0 saturated carbocycles. The minimum Gasteiger partial charge on any atom is -0.495 e. The highest BCUT2D eigenvalue weighted by Gasteiger charge is 2.35. The van der Waals surface area contributed by atoms with Gasteiger partial charge in [-0.15, -0.1) is 0 Å². The van der Waals surface area contributed by atoms with Crippen LogP contribution in [0.4, 0.5) is 10.5 Å². The lowest BCUT2D eigenvalue weighted by molar-refractivity contribution is -0.127. The van der Waals surface area contributed by atoms with Crippen molar-refractivity contribution in [3.63, 3.8) is 0 Å². The number of urea groups is 1. The zero-order valence-electron chi connectivity index (χ0n) is 18.6. The van der Waals surface area contributed by atoms with E-state index in [9.17, 15) is 19.2 Å². The van der Waals surface area contributed by atoms with Crippen molar-refractivity contribution in [2.45, 2.75) is 6.92 Å². The third-order valence-electron chi connectivity index (χ3n) is 4.59. The number of carbonyl (C=O) groups is 4. The quantitative estimate of drug-likeness (QED) is 0.353. The fourth-order valence-corrected chi connectivity index (χ4v) is 3.11. The summed E-state index contributed by atoms with van der Waals surface area (Å²) in [4.78, 5) is 49.3. The number of hydrogen-bond acceptors (Lipinski definition) is 7. The van der Waals surface area contributed by atoms with Gasteiger partial charge in [0.15, 0.2) is 18.1 Å². The van der Waals surface area contributed by atoms with E-state index in [0.29, 0.717) is 35.1 Å². The molecule has 1 heterocycles. The van der Waals surface area contributed by atoms with Crippen LogP contribution in [0, 0.1) is 0 Å². The summed E-state index contributed by atoms with van der Waals surface area (Å²) in [5, 5.41) is 5.08. The van der Waals surface area contributed by atoms with Gasteiger partial charge in [0.05, 0.1) is 19.4 Å². The van der Waals surface area contributed by atoms with Crippen molar-refractivity contribution in [2.24, 2.45) is 5.73 Å². The first-order chi connectivity index (χ1) is 16.3. The molecule has 1 aliphatic heterocycles. The van der Waals surface area contributed by atoms with Crippen LogP contribution >= 0.6 is 0 Å². The second kappa shape index (κ2) is 10.9. The van der Waals surface area contributed by atoms with E-state index >= 15 is 0 Å². The van der Waals surface area contributed by atoms with E-state index in [1.165, 1.54) is 13.2 Å². The first-order valence-electron chi connectivity index (χ1n) is 10.3. The Balaban J connectivity index is 1.73. The third kappa shape index (κ3) is 5.82. The molecule has 0 unspecified atom stereocenters. The summed E-state index contributed by atoms with van der Waals surface area (Å²) in [6.07, 6.45) is 1.44. The van der Waals surface area contributed by atoms with Crippen LogP contribution in [-0.4, -0.2) is 55.5 Å². The molecule has 2 aromatic rings. The van der Waals surface area contributed by atoms with E-state index in [-0.39, 0.29) is 12.3 Å². The molecule has 1 saturated heterocycles. The molecule has 2 aromatic carbocycles. The summed E-state index contributed by atoms with van der Waals surface area (Å²) in [5.41, 5.74) is 6.04. The molecule has 34 heavy (non-hydrogen) atoms. The van der Waals surface area contributed by atoms with Crippen LogP contribution in [-0.2, 0) is 14.4 Å². The van der Waals surface area contributed by atoms with Gasteiger partial charge < -0.3 is 30.6 Å². The molecule has 4 N–H and O–H groups in total. The topological polar surface area (TPSA) is 149 Å². The van der Waals surface area contributed by atoms with Crippen LogP contribution in [0.3, 0.4) is 0 Å². The smallest absolute Gasteiger partial charge is 0.329 e. The van der Waals surface area contributed by atoms with E-state index in [4.69, 9.17) is 19.9 Å². The van der Waals surface area contributed by atoms with Crippen molar-refractivity contribution in [1.82, 2.24) is 10.2 Å².